The number of thiophene rings is 1. The summed E-state index contributed by atoms with van der Waals surface area (Å²) < 4.78 is 18.9. The van der Waals surface area contributed by atoms with Crippen LogP contribution in [0, 0.1) is 5.82 Å². The molecule has 0 bridgehead atoms. The van der Waals surface area contributed by atoms with Gasteiger partial charge in [0.15, 0.2) is 5.96 Å². The number of hydrogen-bond acceptors (Lipinski definition) is 3. The maximum Gasteiger partial charge on any atom is 0.191 e. The van der Waals surface area contributed by atoms with E-state index in [1.54, 1.807) is 18.4 Å². The molecule has 0 amide bonds. The molecule has 0 unspecified atom stereocenters. The van der Waals surface area contributed by atoms with Crippen LogP contribution in [0.3, 0.4) is 0 Å². The Kier molecular flexibility index (Phi) is 6.04. The second-order valence-electron chi connectivity index (χ2n) is 6.31. The zero-order chi connectivity index (χ0) is 17.5. The standard InChI is InChI=1S/C19H24FN3OS/c1-21-18(22-12-15-6-11-25-13-15)23-14-19(7-9-24-10-8-19)16-2-4-17(20)5-3-16/h2-6,11,13H,7-10,12,14H2,1H3,(H2,21,22,23). The first-order chi connectivity index (χ1) is 12.2. The summed E-state index contributed by atoms with van der Waals surface area (Å²) in [5, 5.41) is 11.0. The molecule has 0 saturated carbocycles. The van der Waals surface area contributed by atoms with Gasteiger partial charge in [0.1, 0.15) is 5.82 Å². The number of nitrogens with zero attached hydrogens (tertiary/aromatic N) is 1. The molecule has 134 valence electrons. The molecule has 2 aromatic rings. The van der Waals surface area contributed by atoms with Crippen LogP contribution < -0.4 is 10.6 Å². The monoisotopic (exact) mass is 361 g/mol. The Bertz CT molecular complexity index is 679. The highest BCUT2D eigenvalue weighted by Gasteiger charge is 2.34. The number of halogens is 1. The van der Waals surface area contributed by atoms with Gasteiger partial charge in [0, 0.05) is 38.8 Å². The Morgan fingerprint density at radius 2 is 1.96 bits per heavy atom. The molecule has 25 heavy (non-hydrogen) atoms. The number of ether oxygens (including phenoxy) is 1. The molecule has 1 saturated heterocycles. The Labute approximate surface area is 152 Å². The molecule has 1 fully saturated rings. The van der Waals surface area contributed by atoms with Gasteiger partial charge in [0.2, 0.25) is 0 Å². The molecule has 1 aliphatic heterocycles. The summed E-state index contributed by atoms with van der Waals surface area (Å²) in [6.07, 6.45) is 1.82. The van der Waals surface area contributed by atoms with E-state index in [1.165, 1.54) is 17.7 Å². The first kappa shape index (κ1) is 17.9. The van der Waals surface area contributed by atoms with Crippen molar-refractivity contribution in [1.82, 2.24) is 10.6 Å². The van der Waals surface area contributed by atoms with Gasteiger partial charge in [-0.25, -0.2) is 4.39 Å². The van der Waals surface area contributed by atoms with Crippen molar-refractivity contribution in [2.75, 3.05) is 26.8 Å². The molecule has 4 nitrogen and oxygen atoms in total. The average molecular weight is 361 g/mol. The predicted molar refractivity (Wildman–Crippen MR) is 101 cm³/mol. The second-order valence-corrected chi connectivity index (χ2v) is 7.09. The fraction of sp³-hybridized carbons (Fsp3) is 0.421. The summed E-state index contributed by atoms with van der Waals surface area (Å²) in [5.41, 5.74) is 2.33. The largest absolute Gasteiger partial charge is 0.381 e. The van der Waals surface area contributed by atoms with Gasteiger partial charge in [0.25, 0.3) is 0 Å². The molecule has 0 atom stereocenters. The molecule has 2 heterocycles. The van der Waals surface area contributed by atoms with Crippen molar-refractivity contribution in [1.29, 1.82) is 0 Å². The Morgan fingerprint density at radius 1 is 1.20 bits per heavy atom. The van der Waals surface area contributed by atoms with Gasteiger partial charge in [-0.1, -0.05) is 12.1 Å². The van der Waals surface area contributed by atoms with Crippen molar-refractivity contribution >= 4 is 17.3 Å². The van der Waals surface area contributed by atoms with E-state index in [4.69, 9.17) is 4.74 Å². The summed E-state index contributed by atoms with van der Waals surface area (Å²) in [4.78, 5) is 4.32. The van der Waals surface area contributed by atoms with Gasteiger partial charge < -0.3 is 15.4 Å². The highest BCUT2D eigenvalue weighted by atomic mass is 32.1. The van der Waals surface area contributed by atoms with Crippen LogP contribution in [0.5, 0.6) is 0 Å². The summed E-state index contributed by atoms with van der Waals surface area (Å²) in [6.45, 7) is 2.93. The van der Waals surface area contributed by atoms with Gasteiger partial charge in [-0.3, -0.25) is 4.99 Å². The van der Waals surface area contributed by atoms with Gasteiger partial charge in [-0.2, -0.15) is 11.3 Å². The lowest BCUT2D eigenvalue weighted by molar-refractivity contribution is 0.0513. The van der Waals surface area contributed by atoms with Crippen LogP contribution in [0.4, 0.5) is 4.39 Å². The number of nitrogens with one attached hydrogen (secondary N) is 2. The minimum absolute atomic E-state index is 0.0635. The number of hydrogen-bond donors (Lipinski definition) is 2. The van der Waals surface area contributed by atoms with Gasteiger partial charge in [-0.05, 0) is 52.9 Å². The fourth-order valence-electron chi connectivity index (χ4n) is 3.19. The van der Waals surface area contributed by atoms with Crippen LogP contribution >= 0.6 is 11.3 Å². The number of aliphatic imine (C=N–C) groups is 1. The number of guanidine groups is 1. The van der Waals surface area contributed by atoms with E-state index >= 15 is 0 Å². The molecular weight excluding hydrogens is 337 g/mol. The first-order valence-corrected chi connectivity index (χ1v) is 9.45. The zero-order valence-electron chi connectivity index (χ0n) is 14.4. The van der Waals surface area contributed by atoms with Crippen molar-refractivity contribution in [3.63, 3.8) is 0 Å². The third-order valence-electron chi connectivity index (χ3n) is 4.76. The molecule has 1 aromatic carbocycles. The highest BCUT2D eigenvalue weighted by molar-refractivity contribution is 7.07. The van der Waals surface area contributed by atoms with Crippen LogP contribution in [0.15, 0.2) is 46.1 Å². The van der Waals surface area contributed by atoms with Gasteiger partial charge >= 0.3 is 0 Å². The minimum atomic E-state index is -0.202. The van der Waals surface area contributed by atoms with Crippen molar-refractivity contribution in [3.05, 3.63) is 58.0 Å². The van der Waals surface area contributed by atoms with Gasteiger partial charge in [0.05, 0.1) is 0 Å². The molecule has 3 rings (SSSR count). The fourth-order valence-corrected chi connectivity index (χ4v) is 3.85. The molecule has 6 heteroatoms. The lowest BCUT2D eigenvalue weighted by Crippen LogP contribution is -2.47. The van der Waals surface area contributed by atoms with E-state index in [0.29, 0.717) is 0 Å². The molecule has 0 spiro atoms. The third-order valence-corrected chi connectivity index (χ3v) is 5.50. The van der Waals surface area contributed by atoms with E-state index in [1.807, 2.05) is 12.1 Å². The predicted octanol–water partition coefficient (Wildman–Crippen LogP) is 3.30. The van der Waals surface area contributed by atoms with Crippen LogP contribution in [-0.2, 0) is 16.7 Å². The SMILES string of the molecule is CN=C(NCc1ccsc1)NCC1(c2ccc(F)cc2)CCOCC1. The van der Waals surface area contributed by atoms with E-state index < -0.39 is 0 Å². The molecule has 2 N–H and O–H groups in total. The van der Waals surface area contributed by atoms with E-state index in [0.717, 1.165) is 50.7 Å². The normalized spacial score (nSPS) is 17.3. The third kappa shape index (κ3) is 4.58. The smallest absolute Gasteiger partial charge is 0.191 e. The maximum atomic E-state index is 13.3. The van der Waals surface area contributed by atoms with Crippen molar-refractivity contribution in [2.45, 2.75) is 24.8 Å². The van der Waals surface area contributed by atoms with Crippen LogP contribution in [0.2, 0.25) is 0 Å². The topological polar surface area (TPSA) is 45.7 Å². The van der Waals surface area contributed by atoms with Crippen molar-refractivity contribution < 1.29 is 9.13 Å². The summed E-state index contributed by atoms with van der Waals surface area (Å²) in [6, 6.07) is 8.96. The highest BCUT2D eigenvalue weighted by Crippen LogP contribution is 2.34. The molecule has 0 aliphatic carbocycles. The van der Waals surface area contributed by atoms with Gasteiger partial charge in [-0.15, -0.1) is 0 Å². The van der Waals surface area contributed by atoms with Crippen molar-refractivity contribution in [2.24, 2.45) is 4.99 Å². The van der Waals surface area contributed by atoms with Crippen LogP contribution in [-0.4, -0.2) is 32.8 Å². The molecular formula is C19H24FN3OS. The second kappa shape index (κ2) is 8.45. The molecule has 0 radical (unpaired) electrons. The van der Waals surface area contributed by atoms with Crippen LogP contribution in [0.25, 0.3) is 0 Å². The summed E-state index contributed by atoms with van der Waals surface area (Å²) >= 11 is 1.69. The number of rotatable bonds is 5. The molecule has 1 aliphatic rings. The van der Waals surface area contributed by atoms with Crippen molar-refractivity contribution in [3.8, 4) is 0 Å². The van der Waals surface area contributed by atoms with E-state index in [2.05, 4.69) is 32.5 Å². The average Bonchev–Trinajstić information content (AvgIpc) is 3.17. The van der Waals surface area contributed by atoms with E-state index in [-0.39, 0.29) is 11.2 Å². The quantitative estimate of drug-likeness (QED) is 0.634. The lowest BCUT2D eigenvalue weighted by atomic mass is 9.74. The maximum absolute atomic E-state index is 13.3. The number of benzene rings is 1. The lowest BCUT2D eigenvalue weighted by Gasteiger charge is -2.38. The summed E-state index contributed by atoms with van der Waals surface area (Å²) in [7, 11) is 1.78. The Morgan fingerprint density at radius 3 is 2.60 bits per heavy atom. The van der Waals surface area contributed by atoms with E-state index in [9.17, 15) is 4.39 Å². The molecule has 1 aromatic heterocycles. The van der Waals surface area contributed by atoms with Crippen LogP contribution in [0.1, 0.15) is 24.0 Å². The first-order valence-electron chi connectivity index (χ1n) is 8.51. The Hall–Kier alpha value is -1.92. The minimum Gasteiger partial charge on any atom is -0.381 e. The summed E-state index contributed by atoms with van der Waals surface area (Å²) in [5.74, 6) is 0.575. The zero-order valence-corrected chi connectivity index (χ0v) is 15.2. The Balaban J connectivity index is 1.66.